The number of nitrogens with zero attached hydrogens (tertiary/aromatic N) is 2. The van der Waals surface area contributed by atoms with Gasteiger partial charge in [-0.3, -0.25) is 0 Å². The van der Waals surface area contributed by atoms with E-state index >= 15 is 0 Å². The maximum atomic E-state index is 5.27. The summed E-state index contributed by atoms with van der Waals surface area (Å²) in [6, 6.07) is 7.98. The lowest BCUT2D eigenvalue weighted by atomic mass is 10.1. The molecule has 0 aliphatic rings. The highest BCUT2D eigenvalue weighted by Gasteiger charge is 2.04. The zero-order valence-corrected chi connectivity index (χ0v) is 9.15. The van der Waals surface area contributed by atoms with Crippen molar-refractivity contribution in [1.29, 1.82) is 0 Å². The van der Waals surface area contributed by atoms with Crippen molar-refractivity contribution in [2.45, 2.75) is 6.92 Å². The number of rotatable bonds is 1. The van der Waals surface area contributed by atoms with Gasteiger partial charge in [0.2, 0.25) is 5.89 Å². The van der Waals surface area contributed by atoms with Crippen molar-refractivity contribution < 1.29 is 4.42 Å². The zero-order chi connectivity index (χ0) is 9.26. The highest BCUT2D eigenvalue weighted by Crippen LogP contribution is 2.18. The first kappa shape index (κ1) is 8.68. The first-order valence-electron chi connectivity index (χ1n) is 3.82. The molecule has 0 aliphatic carbocycles. The zero-order valence-electron chi connectivity index (χ0n) is 6.99. The van der Waals surface area contributed by atoms with Crippen molar-refractivity contribution >= 4 is 22.6 Å². The number of aryl methyl sites for hydroxylation is 1. The molecule has 0 aliphatic heterocycles. The molecule has 4 heteroatoms. The summed E-state index contributed by atoms with van der Waals surface area (Å²) in [4.78, 5) is 0. The molecule has 2 rings (SSSR count). The Morgan fingerprint density at radius 1 is 1.15 bits per heavy atom. The van der Waals surface area contributed by atoms with Gasteiger partial charge in [0.05, 0.1) is 0 Å². The van der Waals surface area contributed by atoms with Gasteiger partial charge < -0.3 is 4.42 Å². The van der Waals surface area contributed by atoms with E-state index in [-0.39, 0.29) is 0 Å². The number of aromatic nitrogens is 2. The van der Waals surface area contributed by atoms with E-state index in [9.17, 15) is 0 Å². The van der Waals surface area contributed by atoms with Crippen LogP contribution in [0.15, 0.2) is 28.7 Å². The minimum Gasteiger partial charge on any atom is -0.412 e. The predicted molar refractivity (Wildman–Crippen MR) is 57.2 cm³/mol. The summed E-state index contributed by atoms with van der Waals surface area (Å²) in [5.41, 5.74) is 2.18. The van der Waals surface area contributed by atoms with E-state index in [1.54, 1.807) is 0 Å². The molecule has 0 atom stereocenters. The van der Waals surface area contributed by atoms with E-state index in [2.05, 4.69) is 10.2 Å². The van der Waals surface area contributed by atoms with Crippen molar-refractivity contribution in [1.82, 2.24) is 10.2 Å². The van der Waals surface area contributed by atoms with Crippen LogP contribution in [0.2, 0.25) is 0 Å². The summed E-state index contributed by atoms with van der Waals surface area (Å²) in [6.07, 6.45) is 0. The molecule has 66 valence electrons. The first-order valence-corrected chi connectivity index (χ1v) is 4.89. The van der Waals surface area contributed by atoms with Gasteiger partial charge in [0.25, 0.3) is 3.90 Å². The van der Waals surface area contributed by atoms with E-state index in [1.165, 1.54) is 5.56 Å². The van der Waals surface area contributed by atoms with Gasteiger partial charge in [-0.15, -0.1) is 10.2 Å². The molecule has 0 saturated carbocycles. The number of hydrogen-bond acceptors (Lipinski definition) is 3. The van der Waals surface area contributed by atoms with Crippen molar-refractivity contribution in [3.8, 4) is 11.5 Å². The Kier molecular flexibility index (Phi) is 2.30. The van der Waals surface area contributed by atoms with E-state index in [0.717, 1.165) is 5.56 Å². The average Bonchev–Trinajstić information content (AvgIpc) is 2.53. The summed E-state index contributed by atoms with van der Waals surface area (Å²) in [7, 11) is 0. The molecule has 0 N–H and O–H groups in total. The Morgan fingerprint density at radius 2 is 1.85 bits per heavy atom. The Bertz CT molecular complexity index is 408. The highest BCUT2D eigenvalue weighted by atomic mass is 127. The SMILES string of the molecule is Cc1ccc(-c2nnc(I)o2)cc1. The van der Waals surface area contributed by atoms with Crippen LogP contribution in [0.25, 0.3) is 11.5 Å². The molecule has 1 heterocycles. The van der Waals surface area contributed by atoms with E-state index in [0.29, 0.717) is 9.79 Å². The normalized spacial score (nSPS) is 10.3. The van der Waals surface area contributed by atoms with Crippen LogP contribution in [0.3, 0.4) is 0 Å². The van der Waals surface area contributed by atoms with Crippen molar-refractivity contribution in [3.05, 3.63) is 33.7 Å². The largest absolute Gasteiger partial charge is 0.412 e. The fourth-order valence-electron chi connectivity index (χ4n) is 1.02. The van der Waals surface area contributed by atoms with E-state index in [1.807, 2.05) is 53.8 Å². The summed E-state index contributed by atoms with van der Waals surface area (Å²) >= 11 is 1.99. The number of halogens is 1. The van der Waals surface area contributed by atoms with E-state index in [4.69, 9.17) is 4.42 Å². The second-order valence-electron chi connectivity index (χ2n) is 2.73. The van der Waals surface area contributed by atoms with Gasteiger partial charge in [0, 0.05) is 28.2 Å². The summed E-state index contributed by atoms with van der Waals surface area (Å²) in [6.45, 7) is 2.04. The molecular formula is C9H7IN2O. The lowest BCUT2D eigenvalue weighted by molar-refractivity contribution is 0.537. The average molecular weight is 286 g/mol. The molecular weight excluding hydrogens is 279 g/mol. The summed E-state index contributed by atoms with van der Waals surface area (Å²) in [5, 5.41) is 7.68. The van der Waals surface area contributed by atoms with Crippen LogP contribution in [0.4, 0.5) is 0 Å². The van der Waals surface area contributed by atoms with Gasteiger partial charge >= 0.3 is 0 Å². The van der Waals surface area contributed by atoms with Gasteiger partial charge in [-0.2, -0.15) is 0 Å². The quantitative estimate of drug-likeness (QED) is 0.756. The Balaban J connectivity index is 2.41. The molecule has 1 aromatic heterocycles. The van der Waals surface area contributed by atoms with Crippen LogP contribution < -0.4 is 0 Å². The summed E-state index contributed by atoms with van der Waals surface area (Å²) < 4.78 is 5.84. The topological polar surface area (TPSA) is 38.9 Å². The van der Waals surface area contributed by atoms with Gasteiger partial charge in [-0.1, -0.05) is 17.7 Å². The monoisotopic (exact) mass is 286 g/mol. The van der Waals surface area contributed by atoms with Crippen LogP contribution in [-0.2, 0) is 0 Å². The third-order valence-electron chi connectivity index (χ3n) is 1.70. The van der Waals surface area contributed by atoms with Crippen LogP contribution in [0.5, 0.6) is 0 Å². The van der Waals surface area contributed by atoms with Crippen molar-refractivity contribution in [3.63, 3.8) is 0 Å². The number of benzene rings is 1. The molecule has 0 saturated heterocycles. The Hall–Kier alpha value is -0.910. The minimum absolute atomic E-state index is 0.563. The molecule has 0 bridgehead atoms. The van der Waals surface area contributed by atoms with Crippen molar-refractivity contribution in [2.24, 2.45) is 0 Å². The van der Waals surface area contributed by atoms with Gasteiger partial charge in [-0.05, 0) is 19.1 Å². The molecule has 0 amide bonds. The molecule has 0 fully saturated rings. The van der Waals surface area contributed by atoms with Gasteiger partial charge in [0.15, 0.2) is 0 Å². The Labute approximate surface area is 89.3 Å². The second-order valence-corrected chi connectivity index (χ2v) is 3.65. The van der Waals surface area contributed by atoms with Crippen molar-refractivity contribution in [2.75, 3.05) is 0 Å². The lowest BCUT2D eigenvalue weighted by Gasteiger charge is -1.94. The third-order valence-corrected chi connectivity index (χ3v) is 2.13. The molecule has 0 spiro atoms. The summed E-state index contributed by atoms with van der Waals surface area (Å²) in [5.74, 6) is 0.574. The highest BCUT2D eigenvalue weighted by molar-refractivity contribution is 14.1. The van der Waals surface area contributed by atoms with Gasteiger partial charge in [-0.25, -0.2) is 0 Å². The molecule has 0 radical (unpaired) electrons. The molecule has 1 aromatic carbocycles. The van der Waals surface area contributed by atoms with Crippen LogP contribution >= 0.6 is 22.6 Å². The lowest BCUT2D eigenvalue weighted by Crippen LogP contribution is -1.77. The predicted octanol–water partition coefficient (Wildman–Crippen LogP) is 2.65. The second kappa shape index (κ2) is 3.45. The minimum atomic E-state index is 0.563. The maximum Gasteiger partial charge on any atom is 0.278 e. The fourth-order valence-corrected chi connectivity index (χ4v) is 1.33. The molecule has 13 heavy (non-hydrogen) atoms. The molecule has 0 unspecified atom stereocenters. The standard InChI is InChI=1S/C9H7IN2O/c1-6-2-4-7(5-3-6)8-11-12-9(10)13-8/h2-5H,1H3. The molecule has 3 nitrogen and oxygen atoms in total. The number of hydrogen-bond donors (Lipinski definition) is 0. The van der Waals surface area contributed by atoms with Crippen LogP contribution in [0.1, 0.15) is 5.56 Å². The smallest absolute Gasteiger partial charge is 0.278 e. The fraction of sp³-hybridized carbons (Fsp3) is 0.111. The van der Waals surface area contributed by atoms with Crippen LogP contribution in [0, 0.1) is 10.8 Å². The third kappa shape index (κ3) is 1.88. The first-order chi connectivity index (χ1) is 6.25. The van der Waals surface area contributed by atoms with Crippen LogP contribution in [-0.4, -0.2) is 10.2 Å². The molecule has 2 aromatic rings. The Morgan fingerprint density at radius 3 is 2.38 bits per heavy atom. The van der Waals surface area contributed by atoms with E-state index < -0.39 is 0 Å². The maximum absolute atomic E-state index is 5.27. The van der Waals surface area contributed by atoms with Gasteiger partial charge in [0.1, 0.15) is 0 Å².